The molecule has 1 rings (SSSR count). The molecule has 1 aromatic carbocycles. The number of rotatable bonds is 9. The Bertz CT molecular complexity index is 446. The van der Waals surface area contributed by atoms with Gasteiger partial charge in [-0.15, -0.1) is 0 Å². The van der Waals surface area contributed by atoms with Crippen molar-refractivity contribution >= 4 is 5.97 Å². The standard InChI is InChI=1S/C16H25NO4/c1-3-20-15(19)16(2,17)9-4-5-10-21-14-8-6-7-13(11-14)12-18/h6-8,11,18H,3-5,9-10,12,17H2,1-2H3. The number of ether oxygens (including phenoxy) is 2. The Morgan fingerprint density at radius 1 is 1.38 bits per heavy atom. The maximum atomic E-state index is 11.6. The van der Waals surface area contributed by atoms with Crippen LogP contribution in [0.2, 0.25) is 0 Å². The summed E-state index contributed by atoms with van der Waals surface area (Å²) in [6.07, 6.45) is 2.15. The molecule has 0 saturated heterocycles. The molecule has 0 aliphatic rings. The summed E-state index contributed by atoms with van der Waals surface area (Å²) in [6.45, 7) is 4.35. The lowest BCUT2D eigenvalue weighted by Gasteiger charge is -2.21. The van der Waals surface area contributed by atoms with Gasteiger partial charge in [-0.1, -0.05) is 12.1 Å². The van der Waals surface area contributed by atoms with Gasteiger partial charge in [0.25, 0.3) is 0 Å². The van der Waals surface area contributed by atoms with Crippen molar-refractivity contribution in [3.05, 3.63) is 29.8 Å². The first-order valence-corrected chi connectivity index (χ1v) is 7.28. The molecule has 0 bridgehead atoms. The molecule has 0 radical (unpaired) electrons. The molecule has 5 nitrogen and oxygen atoms in total. The van der Waals surface area contributed by atoms with Gasteiger partial charge in [0.2, 0.25) is 0 Å². The number of aliphatic hydroxyl groups excluding tert-OH is 1. The number of hydrogen-bond acceptors (Lipinski definition) is 5. The highest BCUT2D eigenvalue weighted by Crippen LogP contribution is 2.16. The fourth-order valence-corrected chi connectivity index (χ4v) is 1.92. The van der Waals surface area contributed by atoms with E-state index in [1.165, 1.54) is 0 Å². The minimum atomic E-state index is -0.938. The summed E-state index contributed by atoms with van der Waals surface area (Å²) in [6, 6.07) is 7.35. The number of carbonyl (C=O) groups excluding carboxylic acids is 1. The maximum absolute atomic E-state index is 11.6. The zero-order chi connectivity index (χ0) is 15.7. The summed E-state index contributed by atoms with van der Waals surface area (Å²) in [5, 5.41) is 9.04. The minimum absolute atomic E-state index is 0.00225. The first-order chi connectivity index (χ1) is 9.99. The third kappa shape index (κ3) is 6.14. The van der Waals surface area contributed by atoms with Crippen LogP contribution in [0.1, 0.15) is 38.7 Å². The highest BCUT2D eigenvalue weighted by atomic mass is 16.5. The lowest BCUT2D eigenvalue weighted by Crippen LogP contribution is -2.46. The summed E-state index contributed by atoms with van der Waals surface area (Å²) < 4.78 is 10.5. The highest BCUT2D eigenvalue weighted by Gasteiger charge is 2.28. The number of hydrogen-bond donors (Lipinski definition) is 2. The highest BCUT2D eigenvalue weighted by molar-refractivity contribution is 5.79. The van der Waals surface area contributed by atoms with E-state index in [0.29, 0.717) is 19.6 Å². The zero-order valence-electron chi connectivity index (χ0n) is 12.8. The van der Waals surface area contributed by atoms with E-state index in [0.717, 1.165) is 24.2 Å². The molecule has 0 aliphatic carbocycles. The third-order valence-corrected chi connectivity index (χ3v) is 3.18. The van der Waals surface area contributed by atoms with Crippen LogP contribution in [0.15, 0.2) is 24.3 Å². The number of esters is 1. The molecule has 1 aromatic rings. The smallest absolute Gasteiger partial charge is 0.325 e. The molecule has 1 unspecified atom stereocenters. The van der Waals surface area contributed by atoms with Crippen molar-refractivity contribution < 1.29 is 19.4 Å². The van der Waals surface area contributed by atoms with Crippen molar-refractivity contribution in [1.29, 1.82) is 0 Å². The minimum Gasteiger partial charge on any atom is -0.494 e. The normalized spacial score (nSPS) is 13.5. The summed E-state index contributed by atoms with van der Waals surface area (Å²) in [5.41, 5.74) is 5.82. The largest absolute Gasteiger partial charge is 0.494 e. The Morgan fingerprint density at radius 3 is 2.81 bits per heavy atom. The van der Waals surface area contributed by atoms with Gasteiger partial charge in [-0.2, -0.15) is 0 Å². The molecule has 1 atom stereocenters. The van der Waals surface area contributed by atoms with E-state index in [4.69, 9.17) is 20.3 Å². The van der Waals surface area contributed by atoms with Gasteiger partial charge in [0.15, 0.2) is 0 Å². The van der Waals surface area contributed by atoms with E-state index in [9.17, 15) is 4.79 Å². The van der Waals surface area contributed by atoms with Gasteiger partial charge in [-0.05, 0) is 50.8 Å². The van der Waals surface area contributed by atoms with E-state index in [2.05, 4.69) is 0 Å². The molecule has 0 saturated carbocycles. The van der Waals surface area contributed by atoms with Crippen molar-refractivity contribution in [2.75, 3.05) is 13.2 Å². The summed E-state index contributed by atoms with van der Waals surface area (Å²) >= 11 is 0. The molecular weight excluding hydrogens is 270 g/mol. The Labute approximate surface area is 126 Å². The van der Waals surface area contributed by atoms with Gasteiger partial charge in [0.1, 0.15) is 11.3 Å². The van der Waals surface area contributed by atoms with Gasteiger partial charge >= 0.3 is 5.97 Å². The predicted molar refractivity (Wildman–Crippen MR) is 80.9 cm³/mol. The summed E-state index contributed by atoms with van der Waals surface area (Å²) in [4.78, 5) is 11.6. The molecule has 0 heterocycles. The van der Waals surface area contributed by atoms with Crippen LogP contribution in [0.5, 0.6) is 5.75 Å². The van der Waals surface area contributed by atoms with Crippen molar-refractivity contribution in [1.82, 2.24) is 0 Å². The number of carbonyl (C=O) groups is 1. The fraction of sp³-hybridized carbons (Fsp3) is 0.562. The van der Waals surface area contributed by atoms with Crippen molar-refractivity contribution in [3.63, 3.8) is 0 Å². The molecule has 0 amide bonds. The second kappa shape index (κ2) is 8.64. The number of unbranched alkanes of at least 4 members (excludes halogenated alkanes) is 1. The van der Waals surface area contributed by atoms with Crippen LogP contribution in [0.4, 0.5) is 0 Å². The summed E-state index contributed by atoms with van der Waals surface area (Å²) in [7, 11) is 0. The maximum Gasteiger partial charge on any atom is 0.325 e. The number of aliphatic hydroxyl groups is 1. The van der Waals surface area contributed by atoms with Crippen molar-refractivity contribution in [3.8, 4) is 5.75 Å². The number of nitrogens with two attached hydrogens (primary N) is 1. The molecule has 0 aliphatic heterocycles. The molecule has 5 heteroatoms. The van der Waals surface area contributed by atoms with Crippen LogP contribution in [-0.2, 0) is 16.1 Å². The molecule has 118 valence electrons. The van der Waals surface area contributed by atoms with E-state index in [1.54, 1.807) is 13.8 Å². The Morgan fingerprint density at radius 2 is 2.14 bits per heavy atom. The van der Waals surface area contributed by atoms with Gasteiger partial charge in [-0.25, -0.2) is 0 Å². The van der Waals surface area contributed by atoms with E-state index >= 15 is 0 Å². The second-order valence-electron chi connectivity index (χ2n) is 5.25. The quantitative estimate of drug-likeness (QED) is 0.538. The predicted octanol–water partition coefficient (Wildman–Crippen LogP) is 2.01. The summed E-state index contributed by atoms with van der Waals surface area (Å²) in [5.74, 6) is 0.379. The monoisotopic (exact) mass is 295 g/mol. The van der Waals surface area contributed by atoms with Crippen LogP contribution in [0, 0.1) is 0 Å². The molecule has 0 spiro atoms. The van der Waals surface area contributed by atoms with Crippen LogP contribution < -0.4 is 10.5 Å². The third-order valence-electron chi connectivity index (χ3n) is 3.18. The molecular formula is C16H25NO4. The van der Waals surface area contributed by atoms with Crippen LogP contribution in [-0.4, -0.2) is 29.8 Å². The zero-order valence-corrected chi connectivity index (χ0v) is 12.8. The van der Waals surface area contributed by atoms with Crippen molar-refractivity contribution in [2.45, 2.75) is 45.3 Å². The Kier molecular flexibility index (Phi) is 7.19. The van der Waals surface area contributed by atoms with Gasteiger partial charge < -0.3 is 20.3 Å². The first kappa shape index (κ1) is 17.5. The van der Waals surface area contributed by atoms with Gasteiger partial charge in [0, 0.05) is 0 Å². The molecule has 0 aromatic heterocycles. The van der Waals surface area contributed by atoms with Gasteiger partial charge in [0.05, 0.1) is 19.8 Å². The number of benzene rings is 1. The average molecular weight is 295 g/mol. The van der Waals surface area contributed by atoms with E-state index in [1.807, 2.05) is 24.3 Å². The van der Waals surface area contributed by atoms with E-state index < -0.39 is 5.54 Å². The molecule has 3 N–H and O–H groups in total. The molecule has 21 heavy (non-hydrogen) atoms. The van der Waals surface area contributed by atoms with E-state index in [-0.39, 0.29) is 12.6 Å². The second-order valence-corrected chi connectivity index (χ2v) is 5.25. The average Bonchev–Trinajstić information content (AvgIpc) is 2.47. The SMILES string of the molecule is CCOC(=O)C(C)(N)CCCCOc1cccc(CO)c1. The lowest BCUT2D eigenvalue weighted by molar-refractivity contribution is -0.149. The van der Waals surface area contributed by atoms with Crippen LogP contribution in [0.25, 0.3) is 0 Å². The first-order valence-electron chi connectivity index (χ1n) is 7.28. The Hall–Kier alpha value is -1.59. The topological polar surface area (TPSA) is 81.8 Å². The fourth-order valence-electron chi connectivity index (χ4n) is 1.92. The molecule has 0 fully saturated rings. The van der Waals surface area contributed by atoms with Crippen LogP contribution >= 0.6 is 0 Å². The lowest BCUT2D eigenvalue weighted by atomic mass is 9.96. The van der Waals surface area contributed by atoms with Crippen molar-refractivity contribution in [2.24, 2.45) is 5.73 Å². The Balaban J connectivity index is 2.26. The van der Waals surface area contributed by atoms with Crippen LogP contribution in [0.3, 0.4) is 0 Å². The van der Waals surface area contributed by atoms with Gasteiger partial charge in [-0.3, -0.25) is 4.79 Å².